The number of halogens is 1. The van der Waals surface area contributed by atoms with Gasteiger partial charge in [-0.2, -0.15) is 0 Å². The number of carbonyl (C=O) groups is 1. The standard InChI is InChI=1S/C23H23FN4O3/c1-30-20-8-5-17(13-21(20)31-2)23(29)28-11-9-27(10-12-28)22-14-19(25-15-26-22)16-3-6-18(24)7-4-16/h3-8,13-15H,9-12H2,1-2H3. The third kappa shape index (κ3) is 4.42. The van der Waals surface area contributed by atoms with Gasteiger partial charge in [0.05, 0.1) is 19.9 Å². The van der Waals surface area contributed by atoms with Gasteiger partial charge in [-0.05, 0) is 42.5 Å². The lowest BCUT2D eigenvalue weighted by atomic mass is 10.1. The van der Waals surface area contributed by atoms with Gasteiger partial charge in [-0.25, -0.2) is 14.4 Å². The predicted octanol–water partition coefficient (Wildman–Crippen LogP) is 3.26. The number of ether oxygens (including phenoxy) is 2. The van der Waals surface area contributed by atoms with Crippen LogP contribution in [0, 0.1) is 5.82 Å². The van der Waals surface area contributed by atoms with Crippen LogP contribution in [0.25, 0.3) is 11.3 Å². The van der Waals surface area contributed by atoms with Gasteiger partial charge in [0, 0.05) is 43.4 Å². The Hall–Kier alpha value is -3.68. The fraction of sp³-hybridized carbons (Fsp3) is 0.261. The normalized spacial score (nSPS) is 13.8. The van der Waals surface area contributed by atoms with E-state index in [0.29, 0.717) is 43.2 Å². The minimum absolute atomic E-state index is 0.0460. The van der Waals surface area contributed by atoms with Crippen molar-refractivity contribution in [3.05, 3.63) is 66.2 Å². The zero-order chi connectivity index (χ0) is 21.8. The second-order valence-corrected chi connectivity index (χ2v) is 7.12. The zero-order valence-electron chi connectivity index (χ0n) is 17.4. The topological polar surface area (TPSA) is 67.8 Å². The van der Waals surface area contributed by atoms with Crippen molar-refractivity contribution >= 4 is 11.7 Å². The van der Waals surface area contributed by atoms with Gasteiger partial charge in [0.15, 0.2) is 11.5 Å². The van der Waals surface area contributed by atoms with Crippen molar-refractivity contribution in [2.45, 2.75) is 0 Å². The second-order valence-electron chi connectivity index (χ2n) is 7.12. The molecule has 7 nitrogen and oxygen atoms in total. The van der Waals surface area contributed by atoms with Crippen LogP contribution in [-0.2, 0) is 0 Å². The Bertz CT molecular complexity index is 1070. The molecule has 160 valence electrons. The first-order chi connectivity index (χ1) is 15.1. The molecule has 31 heavy (non-hydrogen) atoms. The van der Waals surface area contributed by atoms with Crippen LogP contribution < -0.4 is 14.4 Å². The van der Waals surface area contributed by atoms with E-state index in [4.69, 9.17) is 9.47 Å². The van der Waals surface area contributed by atoms with Gasteiger partial charge in [-0.15, -0.1) is 0 Å². The van der Waals surface area contributed by atoms with Crippen LogP contribution in [0.4, 0.5) is 10.2 Å². The lowest BCUT2D eigenvalue weighted by Gasteiger charge is -2.35. The van der Waals surface area contributed by atoms with E-state index in [2.05, 4.69) is 14.9 Å². The van der Waals surface area contributed by atoms with Crippen molar-refractivity contribution in [3.63, 3.8) is 0 Å². The summed E-state index contributed by atoms with van der Waals surface area (Å²) in [6, 6.07) is 13.3. The number of carbonyl (C=O) groups excluding carboxylic acids is 1. The van der Waals surface area contributed by atoms with Crippen molar-refractivity contribution in [2.75, 3.05) is 45.3 Å². The van der Waals surface area contributed by atoms with Crippen LogP contribution in [-0.4, -0.2) is 61.2 Å². The Morgan fingerprint density at radius 3 is 2.29 bits per heavy atom. The number of hydrogen-bond donors (Lipinski definition) is 0. The van der Waals surface area contributed by atoms with Gasteiger partial charge >= 0.3 is 0 Å². The average Bonchev–Trinajstić information content (AvgIpc) is 2.83. The van der Waals surface area contributed by atoms with Gasteiger partial charge in [0.1, 0.15) is 18.0 Å². The summed E-state index contributed by atoms with van der Waals surface area (Å²) in [4.78, 5) is 25.6. The number of amides is 1. The SMILES string of the molecule is COc1ccc(C(=O)N2CCN(c3cc(-c4ccc(F)cc4)ncn3)CC2)cc1OC. The summed E-state index contributed by atoms with van der Waals surface area (Å²) in [5.74, 6) is 1.57. The highest BCUT2D eigenvalue weighted by molar-refractivity contribution is 5.95. The molecule has 1 aliphatic rings. The number of rotatable bonds is 5. The van der Waals surface area contributed by atoms with Gasteiger partial charge < -0.3 is 19.3 Å². The van der Waals surface area contributed by atoms with E-state index in [-0.39, 0.29) is 11.7 Å². The summed E-state index contributed by atoms with van der Waals surface area (Å²) < 4.78 is 23.7. The van der Waals surface area contributed by atoms with Gasteiger partial charge in [0.2, 0.25) is 0 Å². The lowest BCUT2D eigenvalue weighted by molar-refractivity contribution is 0.0746. The van der Waals surface area contributed by atoms with Crippen molar-refractivity contribution < 1.29 is 18.7 Å². The average molecular weight is 422 g/mol. The first-order valence-electron chi connectivity index (χ1n) is 9.93. The van der Waals surface area contributed by atoms with Crippen LogP contribution in [0.2, 0.25) is 0 Å². The highest BCUT2D eigenvalue weighted by Crippen LogP contribution is 2.28. The summed E-state index contributed by atoms with van der Waals surface area (Å²) in [5.41, 5.74) is 2.12. The Morgan fingerprint density at radius 2 is 1.61 bits per heavy atom. The van der Waals surface area contributed by atoms with Crippen LogP contribution in [0.3, 0.4) is 0 Å². The zero-order valence-corrected chi connectivity index (χ0v) is 17.4. The maximum atomic E-state index is 13.2. The van der Waals surface area contributed by atoms with Crippen molar-refractivity contribution in [1.82, 2.24) is 14.9 Å². The summed E-state index contributed by atoms with van der Waals surface area (Å²) in [5, 5.41) is 0. The minimum Gasteiger partial charge on any atom is -0.493 e. The number of piperazine rings is 1. The predicted molar refractivity (Wildman–Crippen MR) is 115 cm³/mol. The molecule has 0 bridgehead atoms. The van der Waals surface area contributed by atoms with E-state index in [9.17, 15) is 9.18 Å². The Labute approximate surface area is 180 Å². The molecule has 2 heterocycles. The number of nitrogens with zero attached hydrogens (tertiary/aromatic N) is 4. The number of methoxy groups -OCH3 is 2. The smallest absolute Gasteiger partial charge is 0.254 e. The molecule has 3 aromatic rings. The van der Waals surface area contributed by atoms with E-state index < -0.39 is 0 Å². The van der Waals surface area contributed by atoms with Crippen LogP contribution in [0.5, 0.6) is 11.5 Å². The molecule has 1 fully saturated rings. The van der Waals surface area contributed by atoms with Crippen LogP contribution >= 0.6 is 0 Å². The third-order valence-electron chi connectivity index (χ3n) is 5.31. The quantitative estimate of drug-likeness (QED) is 0.629. The summed E-state index contributed by atoms with van der Waals surface area (Å²) in [7, 11) is 3.11. The molecule has 0 aliphatic carbocycles. The number of benzene rings is 2. The van der Waals surface area contributed by atoms with Crippen molar-refractivity contribution in [2.24, 2.45) is 0 Å². The minimum atomic E-state index is -0.284. The highest BCUT2D eigenvalue weighted by atomic mass is 19.1. The Kier molecular flexibility index (Phi) is 5.97. The molecule has 0 N–H and O–H groups in total. The number of hydrogen-bond acceptors (Lipinski definition) is 6. The van der Waals surface area contributed by atoms with Gasteiger partial charge in [-0.3, -0.25) is 4.79 Å². The molecule has 1 saturated heterocycles. The molecule has 0 saturated carbocycles. The molecule has 0 radical (unpaired) electrons. The summed E-state index contributed by atoms with van der Waals surface area (Å²) >= 11 is 0. The molecule has 0 atom stereocenters. The van der Waals surface area contributed by atoms with E-state index in [0.717, 1.165) is 17.1 Å². The first-order valence-corrected chi connectivity index (χ1v) is 9.93. The van der Waals surface area contributed by atoms with Gasteiger partial charge in [-0.1, -0.05) is 0 Å². The molecule has 8 heteroatoms. The van der Waals surface area contributed by atoms with E-state index >= 15 is 0 Å². The maximum absolute atomic E-state index is 13.2. The fourth-order valence-corrected chi connectivity index (χ4v) is 3.59. The molecular weight excluding hydrogens is 399 g/mol. The highest BCUT2D eigenvalue weighted by Gasteiger charge is 2.24. The molecule has 4 rings (SSSR count). The van der Waals surface area contributed by atoms with E-state index in [1.165, 1.54) is 18.5 Å². The van der Waals surface area contributed by atoms with E-state index in [1.807, 2.05) is 11.0 Å². The molecule has 0 spiro atoms. The van der Waals surface area contributed by atoms with Crippen molar-refractivity contribution in [1.29, 1.82) is 0 Å². The first kappa shape index (κ1) is 20.6. The fourth-order valence-electron chi connectivity index (χ4n) is 3.59. The lowest BCUT2D eigenvalue weighted by Crippen LogP contribution is -2.49. The van der Waals surface area contributed by atoms with Gasteiger partial charge in [0.25, 0.3) is 5.91 Å². The summed E-state index contributed by atoms with van der Waals surface area (Å²) in [6.07, 6.45) is 1.51. The third-order valence-corrected chi connectivity index (χ3v) is 5.31. The van der Waals surface area contributed by atoms with Crippen molar-refractivity contribution in [3.8, 4) is 22.8 Å². The monoisotopic (exact) mass is 422 g/mol. The Balaban J connectivity index is 1.43. The molecule has 1 aromatic heterocycles. The van der Waals surface area contributed by atoms with Crippen LogP contribution in [0.1, 0.15) is 10.4 Å². The molecule has 2 aromatic carbocycles. The Morgan fingerprint density at radius 1 is 0.903 bits per heavy atom. The second kappa shape index (κ2) is 8.99. The maximum Gasteiger partial charge on any atom is 0.254 e. The van der Waals surface area contributed by atoms with E-state index in [1.54, 1.807) is 44.6 Å². The molecule has 1 amide bonds. The number of anilines is 1. The van der Waals surface area contributed by atoms with Crippen LogP contribution in [0.15, 0.2) is 54.9 Å². The summed E-state index contributed by atoms with van der Waals surface area (Å²) in [6.45, 7) is 2.45. The molecular formula is C23H23FN4O3. The number of aromatic nitrogens is 2. The molecule has 1 aliphatic heterocycles. The molecule has 0 unspecified atom stereocenters. The largest absolute Gasteiger partial charge is 0.493 e.